The molecule has 0 aliphatic carbocycles. The van der Waals surface area contributed by atoms with Gasteiger partial charge in [-0.2, -0.15) is 0 Å². The summed E-state index contributed by atoms with van der Waals surface area (Å²) in [6, 6.07) is 9.94. The van der Waals surface area contributed by atoms with Crippen LogP contribution in [0.25, 0.3) is 10.9 Å². The molecule has 3 nitrogen and oxygen atoms in total. The van der Waals surface area contributed by atoms with Crippen LogP contribution in [0.2, 0.25) is 0 Å². The maximum atomic E-state index is 11.8. The Morgan fingerprint density at radius 2 is 2.13 bits per heavy atom. The molecule has 2 rings (SSSR count). The van der Waals surface area contributed by atoms with E-state index in [-0.39, 0.29) is 5.78 Å². The molecule has 0 fully saturated rings. The number of aromatic nitrogens is 1. The van der Waals surface area contributed by atoms with E-state index in [1.165, 1.54) is 0 Å². The highest BCUT2D eigenvalue weighted by molar-refractivity contribution is 6.01. The summed E-state index contributed by atoms with van der Waals surface area (Å²) < 4.78 is 1.94. The van der Waals surface area contributed by atoms with Crippen LogP contribution < -0.4 is 5.32 Å². The standard InChI is InChI=1S/C12H14N2O/c1-13-8-12(15)11-7-9-5-3-4-6-10(9)14(11)2/h3-7,13H,8H2,1-2H3. The fraction of sp³-hybridized carbons (Fsp3) is 0.250. The summed E-state index contributed by atoms with van der Waals surface area (Å²) in [7, 11) is 3.70. The van der Waals surface area contributed by atoms with Crippen molar-refractivity contribution in [3.05, 3.63) is 36.0 Å². The van der Waals surface area contributed by atoms with Gasteiger partial charge in [0, 0.05) is 18.0 Å². The molecule has 1 heterocycles. The lowest BCUT2D eigenvalue weighted by atomic mass is 10.2. The van der Waals surface area contributed by atoms with Crippen molar-refractivity contribution in [2.45, 2.75) is 0 Å². The van der Waals surface area contributed by atoms with Crippen LogP contribution in [-0.2, 0) is 7.05 Å². The third-order valence-electron chi connectivity index (χ3n) is 2.57. The largest absolute Gasteiger partial charge is 0.341 e. The number of nitrogens with one attached hydrogen (secondary N) is 1. The van der Waals surface area contributed by atoms with Gasteiger partial charge in [0.1, 0.15) is 0 Å². The number of likely N-dealkylation sites (N-methyl/N-ethyl adjacent to an activating group) is 1. The van der Waals surface area contributed by atoms with Gasteiger partial charge in [0.25, 0.3) is 0 Å². The van der Waals surface area contributed by atoms with Crippen LogP contribution in [0.15, 0.2) is 30.3 Å². The lowest BCUT2D eigenvalue weighted by Gasteiger charge is -2.02. The third-order valence-corrected chi connectivity index (χ3v) is 2.57. The molecule has 0 spiro atoms. The minimum atomic E-state index is 0.121. The summed E-state index contributed by atoms with van der Waals surface area (Å²) in [5.74, 6) is 0.121. The molecule has 78 valence electrons. The average Bonchev–Trinajstić information content (AvgIpc) is 2.57. The summed E-state index contributed by atoms with van der Waals surface area (Å²) >= 11 is 0. The van der Waals surface area contributed by atoms with Crippen molar-refractivity contribution in [2.24, 2.45) is 7.05 Å². The second-order valence-electron chi connectivity index (χ2n) is 3.60. The van der Waals surface area contributed by atoms with E-state index in [9.17, 15) is 4.79 Å². The zero-order valence-electron chi connectivity index (χ0n) is 8.95. The SMILES string of the molecule is CNCC(=O)c1cc2ccccc2n1C. The van der Waals surface area contributed by atoms with Crippen LogP contribution in [0.5, 0.6) is 0 Å². The molecule has 0 aliphatic rings. The summed E-state index contributed by atoms with van der Waals surface area (Å²) in [5.41, 5.74) is 1.85. The number of nitrogens with zero attached hydrogens (tertiary/aromatic N) is 1. The Hall–Kier alpha value is -1.61. The van der Waals surface area contributed by atoms with Crippen molar-refractivity contribution in [3.8, 4) is 0 Å². The normalized spacial score (nSPS) is 10.8. The number of rotatable bonds is 3. The lowest BCUT2D eigenvalue weighted by molar-refractivity contribution is 0.0986. The topological polar surface area (TPSA) is 34.0 Å². The van der Waals surface area contributed by atoms with Gasteiger partial charge < -0.3 is 9.88 Å². The number of benzene rings is 1. The van der Waals surface area contributed by atoms with Gasteiger partial charge in [-0.25, -0.2) is 0 Å². The Morgan fingerprint density at radius 3 is 2.80 bits per heavy atom. The Bertz CT molecular complexity index is 499. The monoisotopic (exact) mass is 202 g/mol. The Balaban J connectivity index is 2.53. The number of Topliss-reactive ketones (excluding diaryl/α,β-unsaturated/α-hetero) is 1. The highest BCUT2D eigenvalue weighted by Crippen LogP contribution is 2.18. The van der Waals surface area contributed by atoms with Crippen molar-refractivity contribution in [1.29, 1.82) is 0 Å². The van der Waals surface area contributed by atoms with Crippen LogP contribution >= 0.6 is 0 Å². The molecule has 0 unspecified atom stereocenters. The van der Waals surface area contributed by atoms with E-state index < -0.39 is 0 Å². The van der Waals surface area contributed by atoms with Gasteiger partial charge in [-0.1, -0.05) is 18.2 Å². The molecular weight excluding hydrogens is 188 g/mol. The molecule has 1 N–H and O–H groups in total. The van der Waals surface area contributed by atoms with Crippen LogP contribution in [0.1, 0.15) is 10.5 Å². The first-order valence-corrected chi connectivity index (χ1v) is 4.96. The summed E-state index contributed by atoms with van der Waals surface area (Å²) in [5, 5.41) is 3.99. The maximum absolute atomic E-state index is 11.8. The molecule has 0 bridgehead atoms. The molecule has 2 aromatic rings. The Kier molecular flexibility index (Phi) is 2.56. The molecule has 0 saturated heterocycles. The third kappa shape index (κ3) is 1.66. The fourth-order valence-corrected chi connectivity index (χ4v) is 1.81. The van der Waals surface area contributed by atoms with E-state index in [0.717, 1.165) is 16.6 Å². The molecule has 0 saturated carbocycles. The van der Waals surface area contributed by atoms with E-state index in [2.05, 4.69) is 5.32 Å². The first-order valence-electron chi connectivity index (χ1n) is 4.96. The van der Waals surface area contributed by atoms with Gasteiger partial charge in [0.05, 0.1) is 12.2 Å². The van der Waals surface area contributed by atoms with Gasteiger partial charge in [-0.3, -0.25) is 4.79 Å². The fourth-order valence-electron chi connectivity index (χ4n) is 1.81. The number of aryl methyl sites for hydroxylation is 1. The summed E-state index contributed by atoms with van der Waals surface area (Å²) in [6.45, 7) is 0.379. The van der Waals surface area contributed by atoms with Crippen molar-refractivity contribution >= 4 is 16.7 Å². The van der Waals surface area contributed by atoms with Gasteiger partial charge in [-0.05, 0) is 19.2 Å². The predicted octanol–water partition coefficient (Wildman–Crippen LogP) is 1.58. The van der Waals surface area contributed by atoms with Gasteiger partial charge in [0.2, 0.25) is 0 Å². The van der Waals surface area contributed by atoms with Crippen LogP contribution in [0.4, 0.5) is 0 Å². The number of para-hydroxylation sites is 1. The average molecular weight is 202 g/mol. The van der Waals surface area contributed by atoms with Crippen molar-refractivity contribution < 1.29 is 4.79 Å². The summed E-state index contributed by atoms with van der Waals surface area (Å²) in [6.07, 6.45) is 0. The molecule has 1 aromatic heterocycles. The number of hydrogen-bond donors (Lipinski definition) is 1. The zero-order valence-corrected chi connectivity index (χ0v) is 8.95. The van der Waals surface area contributed by atoms with Gasteiger partial charge in [-0.15, -0.1) is 0 Å². The van der Waals surface area contributed by atoms with Gasteiger partial charge >= 0.3 is 0 Å². The smallest absolute Gasteiger partial charge is 0.192 e. The molecule has 0 radical (unpaired) electrons. The second kappa shape index (κ2) is 3.87. The van der Waals surface area contributed by atoms with Crippen LogP contribution in [0.3, 0.4) is 0 Å². The highest BCUT2D eigenvalue weighted by Gasteiger charge is 2.11. The van der Waals surface area contributed by atoms with Crippen LogP contribution in [0, 0.1) is 0 Å². The molecule has 3 heteroatoms. The van der Waals surface area contributed by atoms with E-state index in [1.807, 2.05) is 41.9 Å². The number of fused-ring (bicyclic) bond motifs is 1. The quantitative estimate of drug-likeness (QED) is 0.767. The maximum Gasteiger partial charge on any atom is 0.192 e. The van der Waals surface area contributed by atoms with E-state index in [1.54, 1.807) is 7.05 Å². The molecule has 1 aromatic carbocycles. The first-order chi connectivity index (χ1) is 7.24. The van der Waals surface area contributed by atoms with Crippen molar-refractivity contribution in [3.63, 3.8) is 0 Å². The highest BCUT2D eigenvalue weighted by atomic mass is 16.1. The molecule has 0 atom stereocenters. The van der Waals surface area contributed by atoms with Crippen LogP contribution in [-0.4, -0.2) is 23.9 Å². The van der Waals surface area contributed by atoms with E-state index in [4.69, 9.17) is 0 Å². The van der Waals surface area contributed by atoms with E-state index >= 15 is 0 Å². The summed E-state index contributed by atoms with van der Waals surface area (Å²) in [4.78, 5) is 11.8. The molecular formula is C12H14N2O. The minimum Gasteiger partial charge on any atom is -0.341 e. The molecule has 0 aliphatic heterocycles. The number of ketones is 1. The Labute approximate surface area is 88.7 Å². The van der Waals surface area contributed by atoms with Crippen molar-refractivity contribution in [1.82, 2.24) is 9.88 Å². The number of hydrogen-bond acceptors (Lipinski definition) is 2. The van der Waals surface area contributed by atoms with Crippen molar-refractivity contribution in [2.75, 3.05) is 13.6 Å². The Morgan fingerprint density at radius 1 is 1.40 bits per heavy atom. The molecule has 15 heavy (non-hydrogen) atoms. The number of carbonyl (C=O) groups excluding carboxylic acids is 1. The predicted molar refractivity (Wildman–Crippen MR) is 61.2 cm³/mol. The number of carbonyl (C=O) groups is 1. The molecule has 0 amide bonds. The minimum absolute atomic E-state index is 0.121. The van der Waals surface area contributed by atoms with Gasteiger partial charge in [0.15, 0.2) is 5.78 Å². The second-order valence-corrected chi connectivity index (χ2v) is 3.60. The lowest BCUT2D eigenvalue weighted by Crippen LogP contribution is -2.20. The zero-order chi connectivity index (χ0) is 10.8. The van der Waals surface area contributed by atoms with E-state index in [0.29, 0.717) is 6.54 Å². The first kappa shape index (κ1) is 9.93.